The van der Waals surface area contributed by atoms with Crippen molar-refractivity contribution in [1.29, 1.82) is 5.26 Å². The van der Waals surface area contributed by atoms with E-state index in [2.05, 4.69) is 10.3 Å². The van der Waals surface area contributed by atoms with E-state index in [9.17, 15) is 14.7 Å². The van der Waals surface area contributed by atoms with Gasteiger partial charge in [-0.2, -0.15) is 5.26 Å². The topological polar surface area (TPSA) is 108 Å². The number of hydrogen-bond acceptors (Lipinski definition) is 6. The molecule has 2 aromatic carbocycles. The summed E-state index contributed by atoms with van der Waals surface area (Å²) in [6.07, 6.45) is -0.784. The monoisotopic (exact) mass is 476 g/mol. The lowest BCUT2D eigenvalue weighted by molar-refractivity contribution is -0.115. The Morgan fingerprint density at radius 2 is 2.03 bits per heavy atom. The molecule has 0 aliphatic heterocycles. The first-order chi connectivity index (χ1) is 14.7. The number of fused-ring (bicyclic) bond motifs is 1. The van der Waals surface area contributed by atoms with Crippen molar-refractivity contribution in [3.63, 3.8) is 0 Å². The van der Waals surface area contributed by atoms with E-state index in [1.807, 2.05) is 6.07 Å². The fourth-order valence-electron chi connectivity index (χ4n) is 2.83. The number of rotatable bonds is 6. The van der Waals surface area contributed by atoms with Crippen molar-refractivity contribution in [3.05, 3.63) is 62.4 Å². The summed E-state index contributed by atoms with van der Waals surface area (Å²) in [5.74, 6) is -0.338. The quantitative estimate of drug-likeness (QED) is 0.409. The van der Waals surface area contributed by atoms with E-state index < -0.39 is 11.4 Å². The molecule has 3 aromatic rings. The summed E-state index contributed by atoms with van der Waals surface area (Å²) in [6, 6.07) is 11.3. The summed E-state index contributed by atoms with van der Waals surface area (Å²) in [5.41, 5.74) is 0.842. The average molecular weight is 477 g/mol. The van der Waals surface area contributed by atoms with Crippen molar-refractivity contribution in [2.45, 2.75) is 36.9 Å². The van der Waals surface area contributed by atoms with Gasteiger partial charge in [-0.1, -0.05) is 35.0 Å². The largest absolute Gasteiger partial charge is 0.392 e. The van der Waals surface area contributed by atoms with Gasteiger partial charge >= 0.3 is 0 Å². The molecule has 2 atom stereocenters. The normalized spacial score (nSPS) is 12.9. The number of thioether (sulfide) groups is 1. The highest BCUT2D eigenvalue weighted by molar-refractivity contribution is 8.00. The number of aromatic nitrogens is 2. The van der Waals surface area contributed by atoms with Crippen LogP contribution in [0.4, 0.5) is 5.69 Å². The minimum absolute atomic E-state index is 0.0340. The van der Waals surface area contributed by atoms with E-state index in [0.29, 0.717) is 32.3 Å². The summed E-state index contributed by atoms with van der Waals surface area (Å²) in [6.45, 7) is 3.27. The molecule has 10 heteroatoms. The van der Waals surface area contributed by atoms with E-state index in [1.165, 1.54) is 16.7 Å². The number of halogens is 2. The van der Waals surface area contributed by atoms with Crippen molar-refractivity contribution in [1.82, 2.24) is 9.55 Å². The molecule has 1 amide bonds. The Hall–Kier alpha value is -2.57. The van der Waals surface area contributed by atoms with Gasteiger partial charge in [-0.15, -0.1) is 0 Å². The second kappa shape index (κ2) is 9.71. The van der Waals surface area contributed by atoms with Gasteiger partial charge in [0.25, 0.3) is 5.56 Å². The van der Waals surface area contributed by atoms with E-state index in [-0.39, 0.29) is 23.0 Å². The van der Waals surface area contributed by atoms with Gasteiger partial charge in [0.15, 0.2) is 5.16 Å². The lowest BCUT2D eigenvalue weighted by Gasteiger charge is -2.17. The fraction of sp³-hybridized carbons (Fsp3) is 0.238. The highest BCUT2D eigenvalue weighted by Gasteiger charge is 2.21. The van der Waals surface area contributed by atoms with Crippen molar-refractivity contribution >= 4 is 57.5 Å². The SMILES string of the molecule is C[C@@H](O)Cn1c(S[C@H](C)C(=O)Nc2ccc(C#N)c(Cl)c2)nc2cc(Cl)ccc2c1=O. The van der Waals surface area contributed by atoms with Crippen LogP contribution in [-0.4, -0.2) is 31.9 Å². The van der Waals surface area contributed by atoms with Crippen LogP contribution in [-0.2, 0) is 11.3 Å². The van der Waals surface area contributed by atoms with Crippen LogP contribution < -0.4 is 10.9 Å². The highest BCUT2D eigenvalue weighted by Crippen LogP contribution is 2.26. The number of benzene rings is 2. The molecule has 0 spiro atoms. The van der Waals surface area contributed by atoms with Gasteiger partial charge in [0.05, 0.1) is 39.4 Å². The Kier molecular flexibility index (Phi) is 7.23. The second-order valence-electron chi connectivity index (χ2n) is 6.88. The van der Waals surface area contributed by atoms with Gasteiger partial charge in [0.2, 0.25) is 5.91 Å². The fourth-order valence-corrected chi connectivity index (χ4v) is 4.14. The molecule has 0 saturated carbocycles. The first-order valence-corrected chi connectivity index (χ1v) is 10.9. The summed E-state index contributed by atoms with van der Waals surface area (Å²) in [7, 11) is 0. The maximum atomic E-state index is 13.0. The summed E-state index contributed by atoms with van der Waals surface area (Å²) in [5, 5.41) is 22.3. The molecular formula is C21H18Cl2N4O3S. The molecule has 31 heavy (non-hydrogen) atoms. The van der Waals surface area contributed by atoms with Gasteiger partial charge in [-0.3, -0.25) is 14.2 Å². The molecule has 0 saturated heterocycles. The molecule has 0 radical (unpaired) electrons. The minimum Gasteiger partial charge on any atom is -0.392 e. The van der Waals surface area contributed by atoms with Crippen LogP contribution in [0.5, 0.6) is 0 Å². The zero-order chi connectivity index (χ0) is 22.7. The number of hydrogen-bond donors (Lipinski definition) is 2. The number of amides is 1. The van der Waals surface area contributed by atoms with Crippen LogP contribution in [0.15, 0.2) is 46.3 Å². The van der Waals surface area contributed by atoms with Crippen molar-refractivity contribution in [2.24, 2.45) is 0 Å². The number of anilines is 1. The van der Waals surface area contributed by atoms with Crippen LogP contribution in [0.25, 0.3) is 10.9 Å². The second-order valence-corrected chi connectivity index (χ2v) is 9.03. The van der Waals surface area contributed by atoms with Gasteiger partial charge in [0.1, 0.15) is 6.07 Å². The molecule has 0 aliphatic rings. The predicted octanol–water partition coefficient (Wildman–Crippen LogP) is 4.08. The first kappa shape index (κ1) is 23.1. The lowest BCUT2D eigenvalue weighted by Crippen LogP contribution is -2.29. The van der Waals surface area contributed by atoms with Crippen molar-refractivity contribution < 1.29 is 9.90 Å². The summed E-state index contributed by atoms with van der Waals surface area (Å²) in [4.78, 5) is 30.2. The van der Waals surface area contributed by atoms with E-state index in [1.54, 1.807) is 38.1 Å². The lowest BCUT2D eigenvalue weighted by atomic mass is 10.2. The van der Waals surface area contributed by atoms with Crippen LogP contribution >= 0.6 is 35.0 Å². The Morgan fingerprint density at radius 1 is 1.29 bits per heavy atom. The minimum atomic E-state index is -0.784. The van der Waals surface area contributed by atoms with Crippen LogP contribution in [0, 0.1) is 11.3 Å². The number of nitrogens with zero attached hydrogens (tertiary/aromatic N) is 3. The van der Waals surface area contributed by atoms with E-state index in [4.69, 9.17) is 28.5 Å². The number of carbonyl (C=O) groups excluding carboxylic acids is 1. The smallest absolute Gasteiger partial charge is 0.262 e. The molecule has 0 bridgehead atoms. The first-order valence-electron chi connectivity index (χ1n) is 9.25. The number of aliphatic hydroxyl groups excluding tert-OH is 1. The molecular weight excluding hydrogens is 459 g/mol. The van der Waals surface area contributed by atoms with Gasteiger partial charge in [-0.25, -0.2) is 4.98 Å². The molecule has 7 nitrogen and oxygen atoms in total. The standard InChI is InChI=1S/C21H18Cl2N4O3S/c1-11(28)10-27-20(30)16-6-4-14(22)7-18(16)26-21(27)31-12(2)19(29)25-15-5-3-13(9-24)17(23)8-15/h3-8,11-12,28H,10H2,1-2H3,(H,25,29)/t11-,12-/m1/s1. The summed E-state index contributed by atoms with van der Waals surface area (Å²) >= 11 is 13.1. The Bertz CT molecular complexity index is 1250. The van der Waals surface area contributed by atoms with Gasteiger partial charge < -0.3 is 10.4 Å². The Morgan fingerprint density at radius 3 is 2.68 bits per heavy atom. The zero-order valence-electron chi connectivity index (χ0n) is 16.6. The summed E-state index contributed by atoms with van der Waals surface area (Å²) < 4.78 is 1.36. The molecule has 2 N–H and O–H groups in total. The molecule has 3 rings (SSSR count). The number of nitriles is 1. The average Bonchev–Trinajstić information content (AvgIpc) is 2.70. The zero-order valence-corrected chi connectivity index (χ0v) is 18.9. The third-order valence-corrected chi connectivity index (χ3v) is 5.98. The molecule has 0 aliphatic carbocycles. The highest BCUT2D eigenvalue weighted by atomic mass is 35.5. The third kappa shape index (κ3) is 5.38. The molecule has 1 aromatic heterocycles. The van der Waals surface area contributed by atoms with E-state index >= 15 is 0 Å². The van der Waals surface area contributed by atoms with Crippen LogP contribution in [0.2, 0.25) is 10.0 Å². The Labute approximate surface area is 192 Å². The van der Waals surface area contributed by atoms with Crippen LogP contribution in [0.3, 0.4) is 0 Å². The predicted molar refractivity (Wildman–Crippen MR) is 123 cm³/mol. The molecule has 0 unspecified atom stereocenters. The van der Waals surface area contributed by atoms with Crippen molar-refractivity contribution in [3.8, 4) is 6.07 Å². The van der Waals surface area contributed by atoms with Crippen LogP contribution in [0.1, 0.15) is 19.4 Å². The van der Waals surface area contributed by atoms with E-state index in [0.717, 1.165) is 11.8 Å². The number of aliphatic hydroxyl groups is 1. The molecule has 160 valence electrons. The molecule has 1 heterocycles. The van der Waals surface area contributed by atoms with Crippen molar-refractivity contribution in [2.75, 3.05) is 5.32 Å². The maximum absolute atomic E-state index is 13.0. The third-order valence-electron chi connectivity index (χ3n) is 4.34. The van der Waals surface area contributed by atoms with Gasteiger partial charge in [-0.05, 0) is 50.2 Å². The Balaban J connectivity index is 1.90. The number of carbonyl (C=O) groups is 1. The molecule has 0 fully saturated rings. The van der Waals surface area contributed by atoms with Gasteiger partial charge in [0, 0.05) is 10.7 Å². The maximum Gasteiger partial charge on any atom is 0.262 e. The number of nitrogens with one attached hydrogen (secondary N) is 1.